The summed E-state index contributed by atoms with van der Waals surface area (Å²) in [6, 6.07) is 0. The third-order valence-electron chi connectivity index (χ3n) is 1.65. The molecule has 0 saturated carbocycles. The van der Waals surface area contributed by atoms with E-state index in [1.165, 1.54) is 0 Å². The Balaban J connectivity index is 3.13. The van der Waals surface area contributed by atoms with Crippen LogP contribution in [0.15, 0.2) is 6.20 Å². The van der Waals surface area contributed by atoms with Gasteiger partial charge in [-0.1, -0.05) is 5.92 Å². The van der Waals surface area contributed by atoms with Crippen molar-refractivity contribution >= 4 is 11.9 Å². The molecule has 1 heterocycles. The van der Waals surface area contributed by atoms with Crippen LogP contribution in [0.5, 0.6) is 0 Å². The molecule has 8 heteroatoms. The van der Waals surface area contributed by atoms with Gasteiger partial charge in [0.2, 0.25) is 5.95 Å². The minimum Gasteiger partial charge on any atom is -0.456 e. The molecule has 2 N–H and O–H groups in total. The summed E-state index contributed by atoms with van der Waals surface area (Å²) in [4.78, 5) is 17.3. The summed E-state index contributed by atoms with van der Waals surface area (Å²) in [5, 5.41) is 0. The normalized spacial score (nSPS) is 10.4. The van der Waals surface area contributed by atoms with Gasteiger partial charge in [0.15, 0.2) is 5.69 Å². The SMILES string of the molecule is CCOC(=O)C#Cc1cnc(N)nc1C(F)(F)F. The summed E-state index contributed by atoms with van der Waals surface area (Å²) in [5.74, 6) is 2.45. The van der Waals surface area contributed by atoms with Gasteiger partial charge in [-0.2, -0.15) is 13.2 Å². The van der Waals surface area contributed by atoms with Crippen LogP contribution in [-0.2, 0) is 15.7 Å². The van der Waals surface area contributed by atoms with Gasteiger partial charge in [-0.15, -0.1) is 0 Å². The highest BCUT2D eigenvalue weighted by atomic mass is 19.4. The lowest BCUT2D eigenvalue weighted by Crippen LogP contribution is -2.13. The molecular weight excluding hydrogens is 251 g/mol. The van der Waals surface area contributed by atoms with Crippen LogP contribution < -0.4 is 5.73 Å². The maximum Gasteiger partial charge on any atom is 0.434 e. The molecule has 0 radical (unpaired) electrons. The summed E-state index contributed by atoms with van der Waals surface area (Å²) >= 11 is 0. The maximum atomic E-state index is 12.6. The number of esters is 1. The first-order valence-corrected chi connectivity index (χ1v) is 4.73. The molecule has 1 aromatic rings. The maximum absolute atomic E-state index is 12.6. The third kappa shape index (κ3) is 3.62. The first kappa shape index (κ1) is 13.8. The summed E-state index contributed by atoms with van der Waals surface area (Å²) in [6.45, 7) is 1.63. The largest absolute Gasteiger partial charge is 0.456 e. The third-order valence-corrected chi connectivity index (χ3v) is 1.65. The number of carbonyl (C=O) groups excluding carboxylic acids is 1. The lowest BCUT2D eigenvalue weighted by molar-refractivity contribution is -0.141. The van der Waals surface area contributed by atoms with Crippen LogP contribution in [0.1, 0.15) is 18.2 Å². The molecule has 0 spiro atoms. The number of halogens is 3. The Hall–Kier alpha value is -2.30. The van der Waals surface area contributed by atoms with Gasteiger partial charge >= 0.3 is 12.1 Å². The molecule has 0 bridgehead atoms. The fraction of sp³-hybridized carbons (Fsp3) is 0.300. The summed E-state index contributed by atoms with van der Waals surface area (Å²) < 4.78 is 42.2. The molecule has 0 amide bonds. The van der Waals surface area contributed by atoms with E-state index in [4.69, 9.17) is 5.73 Å². The topological polar surface area (TPSA) is 78.1 Å². The zero-order valence-corrected chi connectivity index (χ0v) is 9.21. The molecule has 0 aliphatic carbocycles. The number of hydrogen-bond donors (Lipinski definition) is 1. The van der Waals surface area contributed by atoms with Gasteiger partial charge in [0.25, 0.3) is 0 Å². The van der Waals surface area contributed by atoms with E-state index in [1.54, 1.807) is 6.92 Å². The van der Waals surface area contributed by atoms with Gasteiger partial charge in [0, 0.05) is 12.1 Å². The van der Waals surface area contributed by atoms with Crippen molar-refractivity contribution in [1.29, 1.82) is 0 Å². The number of carbonyl (C=O) groups is 1. The van der Waals surface area contributed by atoms with Gasteiger partial charge in [-0.25, -0.2) is 14.8 Å². The number of nitrogens with two attached hydrogens (primary N) is 1. The molecule has 96 valence electrons. The fourth-order valence-electron chi connectivity index (χ4n) is 0.989. The highest BCUT2D eigenvalue weighted by molar-refractivity contribution is 5.89. The Morgan fingerprint density at radius 3 is 2.78 bits per heavy atom. The van der Waals surface area contributed by atoms with E-state index in [2.05, 4.69) is 14.7 Å². The smallest absolute Gasteiger partial charge is 0.434 e. The van der Waals surface area contributed by atoms with Crippen LogP contribution in [0.4, 0.5) is 19.1 Å². The van der Waals surface area contributed by atoms with Crippen LogP contribution in [-0.4, -0.2) is 22.5 Å². The number of hydrogen-bond acceptors (Lipinski definition) is 5. The van der Waals surface area contributed by atoms with Gasteiger partial charge < -0.3 is 10.5 Å². The predicted octanol–water partition coefficient (Wildman–Crippen LogP) is 0.992. The monoisotopic (exact) mass is 259 g/mol. The lowest BCUT2D eigenvalue weighted by Gasteiger charge is -2.07. The summed E-state index contributed by atoms with van der Waals surface area (Å²) in [7, 11) is 0. The molecule has 5 nitrogen and oxygen atoms in total. The van der Waals surface area contributed by atoms with Gasteiger partial charge in [-0.05, 0) is 6.92 Å². The summed E-state index contributed by atoms with van der Waals surface area (Å²) in [5.41, 5.74) is 3.24. The van der Waals surface area contributed by atoms with E-state index in [9.17, 15) is 18.0 Å². The van der Waals surface area contributed by atoms with Crippen LogP contribution in [0.3, 0.4) is 0 Å². The van der Waals surface area contributed by atoms with Gasteiger partial charge in [0.1, 0.15) is 0 Å². The molecule has 0 aliphatic rings. The van der Waals surface area contributed by atoms with E-state index >= 15 is 0 Å². The second kappa shape index (κ2) is 5.35. The first-order valence-electron chi connectivity index (χ1n) is 4.73. The predicted molar refractivity (Wildman–Crippen MR) is 55.0 cm³/mol. The molecule has 0 unspecified atom stereocenters. The van der Waals surface area contributed by atoms with E-state index in [-0.39, 0.29) is 6.61 Å². The molecule has 0 saturated heterocycles. The average molecular weight is 259 g/mol. The molecule has 0 aliphatic heterocycles. The zero-order valence-electron chi connectivity index (χ0n) is 9.21. The van der Waals surface area contributed by atoms with Crippen LogP contribution >= 0.6 is 0 Å². The molecule has 0 aromatic carbocycles. The van der Waals surface area contributed by atoms with Crippen LogP contribution in [0.2, 0.25) is 0 Å². The number of rotatable bonds is 1. The number of anilines is 1. The standard InChI is InChI=1S/C10H8F3N3O2/c1-2-18-7(17)4-3-6-5-15-9(14)16-8(6)10(11,12)13/h5H,2H2,1H3,(H2,14,15,16). The van der Waals surface area contributed by atoms with Gasteiger partial charge in [0.05, 0.1) is 12.2 Å². The Labute approximate surface area is 100 Å². The van der Waals surface area contributed by atoms with E-state index in [0.29, 0.717) is 0 Å². The van der Waals surface area contributed by atoms with E-state index < -0.39 is 29.4 Å². The van der Waals surface area contributed by atoms with Crippen molar-refractivity contribution in [2.24, 2.45) is 0 Å². The molecule has 1 rings (SSSR count). The Morgan fingerprint density at radius 1 is 1.56 bits per heavy atom. The number of alkyl halides is 3. The second-order valence-electron chi connectivity index (χ2n) is 2.96. The summed E-state index contributed by atoms with van der Waals surface area (Å²) in [6.07, 6.45) is -3.92. The minimum absolute atomic E-state index is 0.0812. The quantitative estimate of drug-likeness (QED) is 0.601. The Bertz CT molecular complexity index is 517. The van der Waals surface area contributed by atoms with Crippen molar-refractivity contribution in [3.8, 4) is 11.8 Å². The molecule has 0 atom stereocenters. The van der Waals surface area contributed by atoms with Crippen molar-refractivity contribution in [3.63, 3.8) is 0 Å². The zero-order chi connectivity index (χ0) is 13.8. The first-order chi connectivity index (χ1) is 8.34. The minimum atomic E-state index is -4.73. The lowest BCUT2D eigenvalue weighted by atomic mass is 10.2. The number of aromatic nitrogens is 2. The van der Waals surface area contributed by atoms with Crippen LogP contribution in [0.25, 0.3) is 0 Å². The van der Waals surface area contributed by atoms with E-state index in [1.807, 2.05) is 11.8 Å². The van der Waals surface area contributed by atoms with Crippen LogP contribution in [0, 0.1) is 11.8 Å². The second-order valence-corrected chi connectivity index (χ2v) is 2.96. The van der Waals surface area contributed by atoms with E-state index in [0.717, 1.165) is 6.20 Å². The Morgan fingerprint density at radius 2 is 2.22 bits per heavy atom. The van der Waals surface area contributed by atoms with Crippen molar-refractivity contribution in [2.75, 3.05) is 12.3 Å². The molecule has 0 fully saturated rings. The number of nitrogens with zero attached hydrogens (tertiary/aromatic N) is 2. The molecular formula is C10H8F3N3O2. The van der Waals surface area contributed by atoms with Crippen molar-refractivity contribution in [1.82, 2.24) is 9.97 Å². The van der Waals surface area contributed by atoms with Gasteiger partial charge in [-0.3, -0.25) is 0 Å². The molecule has 1 aromatic heterocycles. The van der Waals surface area contributed by atoms with Crippen molar-refractivity contribution in [2.45, 2.75) is 13.1 Å². The highest BCUT2D eigenvalue weighted by Gasteiger charge is 2.35. The number of ether oxygens (including phenoxy) is 1. The highest BCUT2D eigenvalue weighted by Crippen LogP contribution is 2.29. The Kier molecular flexibility index (Phi) is 4.09. The number of nitrogen functional groups attached to an aromatic ring is 1. The van der Waals surface area contributed by atoms with Crippen molar-refractivity contribution in [3.05, 3.63) is 17.5 Å². The average Bonchev–Trinajstić information content (AvgIpc) is 2.26. The fourth-order valence-corrected chi connectivity index (χ4v) is 0.989. The van der Waals surface area contributed by atoms with Crippen molar-refractivity contribution < 1.29 is 22.7 Å². The molecule has 18 heavy (non-hydrogen) atoms.